The maximum atomic E-state index is 9.07. The number of anilines is 1. The van der Waals surface area contributed by atoms with Gasteiger partial charge in [0.25, 0.3) is 0 Å². The molecule has 0 aliphatic rings. The molecule has 18 heavy (non-hydrogen) atoms. The van der Waals surface area contributed by atoms with E-state index >= 15 is 0 Å². The summed E-state index contributed by atoms with van der Waals surface area (Å²) in [6.45, 7) is 0.690. The predicted molar refractivity (Wildman–Crippen MR) is 80.3 cm³/mol. The highest BCUT2D eigenvalue weighted by Crippen LogP contribution is 2.21. The highest BCUT2D eigenvalue weighted by atomic mass is 79.9. The Labute approximate surface area is 123 Å². The Morgan fingerprint density at radius 2 is 1.83 bits per heavy atom. The van der Waals surface area contributed by atoms with Gasteiger partial charge < -0.3 is 5.32 Å². The zero-order valence-corrected chi connectivity index (χ0v) is 12.6. The van der Waals surface area contributed by atoms with Gasteiger partial charge in [-0.1, -0.05) is 44.0 Å². The van der Waals surface area contributed by atoms with E-state index in [0.29, 0.717) is 12.1 Å². The molecule has 0 saturated carbocycles. The number of halogens is 2. The van der Waals surface area contributed by atoms with Crippen LogP contribution in [-0.4, -0.2) is 0 Å². The van der Waals surface area contributed by atoms with Gasteiger partial charge in [-0.05, 0) is 35.9 Å². The van der Waals surface area contributed by atoms with Gasteiger partial charge in [0, 0.05) is 15.5 Å². The van der Waals surface area contributed by atoms with Crippen molar-refractivity contribution < 1.29 is 0 Å². The Morgan fingerprint density at radius 3 is 2.56 bits per heavy atom. The Kier molecular flexibility index (Phi) is 4.40. The summed E-state index contributed by atoms with van der Waals surface area (Å²) in [6.07, 6.45) is 0. The van der Waals surface area contributed by atoms with E-state index in [2.05, 4.69) is 49.3 Å². The summed E-state index contributed by atoms with van der Waals surface area (Å²) < 4.78 is 1.96. The molecule has 0 bridgehead atoms. The minimum atomic E-state index is 0.638. The third-order valence-electron chi connectivity index (χ3n) is 2.47. The highest BCUT2D eigenvalue weighted by Gasteiger charge is 2.02. The van der Waals surface area contributed by atoms with Crippen LogP contribution in [0.25, 0.3) is 0 Å². The van der Waals surface area contributed by atoms with Gasteiger partial charge in [0.2, 0.25) is 0 Å². The van der Waals surface area contributed by atoms with Crippen LogP contribution in [0.3, 0.4) is 0 Å². The Morgan fingerprint density at radius 1 is 1.06 bits per heavy atom. The predicted octanol–water partition coefficient (Wildman–Crippen LogP) is 4.70. The summed E-state index contributed by atoms with van der Waals surface area (Å²) in [5.74, 6) is 0. The number of nitrogens with one attached hydrogen (secondary N) is 1. The lowest BCUT2D eigenvalue weighted by molar-refractivity contribution is 1.14. The van der Waals surface area contributed by atoms with Crippen LogP contribution < -0.4 is 5.32 Å². The van der Waals surface area contributed by atoms with Crippen molar-refractivity contribution in [3.05, 3.63) is 62.5 Å². The number of nitrogens with zero attached hydrogens (tertiary/aromatic N) is 1. The smallest absolute Gasteiger partial charge is 0.101 e. The lowest BCUT2D eigenvalue weighted by Gasteiger charge is -2.09. The molecular formula is C14H10Br2N2. The van der Waals surface area contributed by atoms with Crippen LogP contribution >= 0.6 is 31.9 Å². The molecule has 2 aromatic rings. The van der Waals surface area contributed by atoms with Crippen LogP contribution in [0.15, 0.2) is 51.4 Å². The summed E-state index contributed by atoms with van der Waals surface area (Å²) in [4.78, 5) is 0. The second kappa shape index (κ2) is 6.03. The maximum Gasteiger partial charge on any atom is 0.101 e. The van der Waals surface area contributed by atoms with Gasteiger partial charge in [-0.2, -0.15) is 5.26 Å². The summed E-state index contributed by atoms with van der Waals surface area (Å²) in [6, 6.07) is 15.9. The van der Waals surface area contributed by atoms with Gasteiger partial charge in [0.1, 0.15) is 6.07 Å². The number of nitriles is 1. The van der Waals surface area contributed by atoms with Crippen LogP contribution in [-0.2, 0) is 6.54 Å². The van der Waals surface area contributed by atoms with Crippen molar-refractivity contribution in [1.82, 2.24) is 0 Å². The second-order valence-electron chi connectivity index (χ2n) is 3.79. The van der Waals surface area contributed by atoms with Crippen molar-refractivity contribution in [2.45, 2.75) is 6.54 Å². The molecule has 4 heteroatoms. The molecule has 0 heterocycles. The number of hydrogen-bond acceptors (Lipinski definition) is 2. The summed E-state index contributed by atoms with van der Waals surface area (Å²) >= 11 is 6.80. The second-order valence-corrected chi connectivity index (χ2v) is 5.62. The van der Waals surface area contributed by atoms with E-state index in [1.807, 2.05) is 36.4 Å². The molecule has 90 valence electrons. The first-order valence-electron chi connectivity index (χ1n) is 5.37. The van der Waals surface area contributed by atoms with Crippen molar-refractivity contribution >= 4 is 37.5 Å². The van der Waals surface area contributed by atoms with E-state index in [1.54, 1.807) is 0 Å². The minimum absolute atomic E-state index is 0.638. The fourth-order valence-electron chi connectivity index (χ4n) is 1.61. The zero-order valence-electron chi connectivity index (χ0n) is 9.45. The lowest BCUT2D eigenvalue weighted by Crippen LogP contribution is -2.01. The van der Waals surface area contributed by atoms with Crippen LogP contribution in [0.1, 0.15) is 11.1 Å². The minimum Gasteiger partial charge on any atom is -0.380 e. The van der Waals surface area contributed by atoms with E-state index in [-0.39, 0.29) is 0 Å². The van der Waals surface area contributed by atoms with Gasteiger partial charge in [-0.15, -0.1) is 0 Å². The molecule has 0 saturated heterocycles. The Bertz CT molecular complexity index is 603. The van der Waals surface area contributed by atoms with Gasteiger partial charge >= 0.3 is 0 Å². The normalized spacial score (nSPS) is 9.83. The first-order chi connectivity index (χ1) is 8.69. The number of hydrogen-bond donors (Lipinski definition) is 1. The maximum absolute atomic E-state index is 9.07. The zero-order chi connectivity index (χ0) is 13.0. The molecule has 2 rings (SSSR count). The van der Waals surface area contributed by atoms with Crippen molar-refractivity contribution in [2.24, 2.45) is 0 Å². The number of rotatable bonds is 3. The van der Waals surface area contributed by atoms with E-state index in [4.69, 9.17) is 5.26 Å². The highest BCUT2D eigenvalue weighted by molar-refractivity contribution is 9.10. The largest absolute Gasteiger partial charge is 0.380 e. The fourth-order valence-corrected chi connectivity index (χ4v) is 2.42. The molecular weight excluding hydrogens is 356 g/mol. The molecule has 0 fully saturated rings. The summed E-state index contributed by atoms with van der Waals surface area (Å²) in [7, 11) is 0. The lowest BCUT2D eigenvalue weighted by atomic mass is 10.1. The third-order valence-corrected chi connectivity index (χ3v) is 3.46. The molecule has 0 radical (unpaired) electrons. The molecule has 0 aliphatic heterocycles. The molecule has 2 nitrogen and oxygen atoms in total. The van der Waals surface area contributed by atoms with Crippen LogP contribution in [0, 0.1) is 11.3 Å². The third kappa shape index (κ3) is 3.34. The van der Waals surface area contributed by atoms with E-state index in [9.17, 15) is 0 Å². The van der Waals surface area contributed by atoms with Crippen LogP contribution in [0.2, 0.25) is 0 Å². The van der Waals surface area contributed by atoms with E-state index < -0.39 is 0 Å². The molecule has 0 atom stereocenters. The topological polar surface area (TPSA) is 35.8 Å². The quantitative estimate of drug-likeness (QED) is 0.855. The van der Waals surface area contributed by atoms with Crippen molar-refractivity contribution in [3.63, 3.8) is 0 Å². The van der Waals surface area contributed by atoms with Gasteiger partial charge in [0.05, 0.1) is 11.3 Å². The van der Waals surface area contributed by atoms with Gasteiger partial charge in [-0.25, -0.2) is 0 Å². The molecule has 0 spiro atoms. The standard InChI is InChI=1S/C14H10Br2N2/c15-12-3-1-2-10(6-12)9-18-14-5-4-13(16)7-11(14)8-17/h1-7,18H,9H2. The van der Waals surface area contributed by atoms with Gasteiger partial charge in [0.15, 0.2) is 0 Å². The van der Waals surface area contributed by atoms with E-state index in [1.165, 1.54) is 0 Å². The molecule has 0 aromatic heterocycles. The van der Waals surface area contributed by atoms with Crippen molar-refractivity contribution in [2.75, 3.05) is 5.32 Å². The molecule has 0 aliphatic carbocycles. The van der Waals surface area contributed by atoms with E-state index in [0.717, 1.165) is 20.2 Å². The van der Waals surface area contributed by atoms with Crippen molar-refractivity contribution in [1.29, 1.82) is 5.26 Å². The number of benzene rings is 2. The molecule has 0 unspecified atom stereocenters. The summed E-state index contributed by atoms with van der Waals surface area (Å²) in [5, 5.41) is 12.3. The van der Waals surface area contributed by atoms with Crippen LogP contribution in [0.5, 0.6) is 0 Å². The Hall–Kier alpha value is -1.31. The SMILES string of the molecule is N#Cc1cc(Br)ccc1NCc1cccc(Br)c1. The summed E-state index contributed by atoms with van der Waals surface area (Å²) in [5.41, 5.74) is 2.65. The first-order valence-corrected chi connectivity index (χ1v) is 6.95. The average molecular weight is 366 g/mol. The molecule has 0 amide bonds. The average Bonchev–Trinajstić information content (AvgIpc) is 2.37. The molecule has 2 aromatic carbocycles. The van der Waals surface area contributed by atoms with Gasteiger partial charge in [-0.3, -0.25) is 0 Å². The first kappa shape index (κ1) is 13.1. The Balaban J connectivity index is 2.14. The monoisotopic (exact) mass is 364 g/mol. The van der Waals surface area contributed by atoms with Crippen molar-refractivity contribution in [3.8, 4) is 6.07 Å². The fraction of sp³-hybridized carbons (Fsp3) is 0.0714. The molecule has 1 N–H and O–H groups in total. The van der Waals surface area contributed by atoms with Crippen LogP contribution in [0.4, 0.5) is 5.69 Å².